The highest BCUT2D eigenvalue weighted by Crippen LogP contribution is 2.09. The van der Waals surface area contributed by atoms with Crippen molar-refractivity contribution in [3.8, 4) is 5.75 Å². The van der Waals surface area contributed by atoms with Crippen molar-refractivity contribution >= 4 is 11.6 Å². The van der Waals surface area contributed by atoms with Gasteiger partial charge in [0.1, 0.15) is 18.1 Å². The summed E-state index contributed by atoms with van der Waals surface area (Å²) in [5, 5.41) is 2.78. The zero-order chi connectivity index (χ0) is 13.7. The number of aromatic nitrogens is 1. The van der Waals surface area contributed by atoms with Gasteiger partial charge in [-0.1, -0.05) is 18.2 Å². The van der Waals surface area contributed by atoms with Gasteiger partial charge in [0.05, 0.1) is 12.2 Å². The molecule has 0 aliphatic rings. The molecule has 0 atom stereocenters. The van der Waals surface area contributed by atoms with Gasteiger partial charge in [0.25, 0.3) is 5.91 Å². The molecule has 1 aromatic carbocycles. The number of aryl methyl sites for hydroxylation is 1. The number of nitrogen functional groups attached to an aromatic ring is 1. The van der Waals surface area contributed by atoms with E-state index in [2.05, 4.69) is 5.32 Å². The standard InChI is InChI=1S/C14H17N3O2/c1-17-10-11(15)9-13(17)14(18)16-7-8-19-12-5-3-2-4-6-12/h2-6,9-10H,7-8,15H2,1H3,(H,16,18). The van der Waals surface area contributed by atoms with E-state index in [1.54, 1.807) is 23.9 Å². The second-order valence-corrected chi connectivity index (χ2v) is 4.19. The number of para-hydroxylation sites is 1. The number of nitrogens with two attached hydrogens (primary N) is 1. The summed E-state index contributed by atoms with van der Waals surface area (Å²) < 4.78 is 7.18. The summed E-state index contributed by atoms with van der Waals surface area (Å²) in [6.45, 7) is 0.870. The lowest BCUT2D eigenvalue weighted by molar-refractivity contribution is 0.0939. The van der Waals surface area contributed by atoms with Crippen molar-refractivity contribution in [1.29, 1.82) is 0 Å². The first-order valence-electron chi connectivity index (χ1n) is 6.04. The lowest BCUT2D eigenvalue weighted by Crippen LogP contribution is -2.29. The Morgan fingerprint density at radius 3 is 2.74 bits per heavy atom. The number of nitrogens with zero attached hydrogens (tertiary/aromatic N) is 1. The third-order valence-electron chi connectivity index (χ3n) is 2.66. The van der Waals surface area contributed by atoms with E-state index in [-0.39, 0.29) is 5.91 Å². The molecular weight excluding hydrogens is 242 g/mol. The first kappa shape index (κ1) is 13.0. The number of nitrogens with one attached hydrogen (secondary N) is 1. The lowest BCUT2D eigenvalue weighted by Gasteiger charge is -2.08. The average molecular weight is 259 g/mol. The summed E-state index contributed by atoms with van der Waals surface area (Å²) >= 11 is 0. The number of carbonyl (C=O) groups is 1. The molecule has 0 saturated carbocycles. The number of amides is 1. The van der Waals surface area contributed by atoms with Crippen LogP contribution in [0.25, 0.3) is 0 Å². The van der Waals surface area contributed by atoms with E-state index in [9.17, 15) is 4.79 Å². The van der Waals surface area contributed by atoms with Crippen LogP contribution in [0.4, 0.5) is 5.69 Å². The molecule has 0 saturated heterocycles. The molecule has 0 aliphatic carbocycles. The number of hydrogen-bond acceptors (Lipinski definition) is 3. The van der Waals surface area contributed by atoms with Gasteiger partial charge in [-0.05, 0) is 18.2 Å². The largest absolute Gasteiger partial charge is 0.492 e. The highest BCUT2D eigenvalue weighted by molar-refractivity contribution is 5.93. The summed E-state index contributed by atoms with van der Waals surface area (Å²) in [7, 11) is 1.78. The van der Waals surface area contributed by atoms with Crippen molar-refractivity contribution in [2.24, 2.45) is 7.05 Å². The minimum atomic E-state index is -0.157. The average Bonchev–Trinajstić information content (AvgIpc) is 2.75. The molecule has 0 fully saturated rings. The van der Waals surface area contributed by atoms with Gasteiger partial charge in [0.2, 0.25) is 0 Å². The maximum atomic E-state index is 11.8. The predicted molar refractivity (Wildman–Crippen MR) is 74.1 cm³/mol. The quantitative estimate of drug-likeness (QED) is 0.798. The van der Waals surface area contributed by atoms with Gasteiger partial charge in [-0.3, -0.25) is 4.79 Å². The minimum absolute atomic E-state index is 0.157. The van der Waals surface area contributed by atoms with Crippen molar-refractivity contribution in [1.82, 2.24) is 9.88 Å². The Bertz CT molecular complexity index is 549. The molecule has 5 heteroatoms. The number of ether oxygens (including phenoxy) is 1. The van der Waals surface area contributed by atoms with Crippen LogP contribution in [0.2, 0.25) is 0 Å². The fraction of sp³-hybridized carbons (Fsp3) is 0.214. The Morgan fingerprint density at radius 2 is 2.11 bits per heavy atom. The monoisotopic (exact) mass is 259 g/mol. The van der Waals surface area contributed by atoms with E-state index in [4.69, 9.17) is 10.5 Å². The maximum absolute atomic E-state index is 11.8. The van der Waals surface area contributed by atoms with Crippen molar-refractivity contribution in [3.63, 3.8) is 0 Å². The predicted octanol–water partition coefficient (Wildman–Crippen LogP) is 1.42. The van der Waals surface area contributed by atoms with Crippen LogP contribution in [0.5, 0.6) is 5.75 Å². The van der Waals surface area contributed by atoms with Gasteiger partial charge >= 0.3 is 0 Å². The maximum Gasteiger partial charge on any atom is 0.268 e. The Labute approximate surface area is 112 Å². The van der Waals surface area contributed by atoms with Crippen LogP contribution in [0, 0.1) is 0 Å². The van der Waals surface area contributed by atoms with Gasteiger partial charge in [0, 0.05) is 13.2 Å². The van der Waals surface area contributed by atoms with Crippen molar-refractivity contribution in [2.75, 3.05) is 18.9 Å². The van der Waals surface area contributed by atoms with E-state index in [0.717, 1.165) is 5.75 Å². The number of carbonyl (C=O) groups excluding carboxylic acids is 1. The molecule has 0 unspecified atom stereocenters. The van der Waals surface area contributed by atoms with Gasteiger partial charge in [0.15, 0.2) is 0 Å². The van der Waals surface area contributed by atoms with Crippen LogP contribution in [-0.4, -0.2) is 23.6 Å². The minimum Gasteiger partial charge on any atom is -0.492 e. The highest BCUT2D eigenvalue weighted by Gasteiger charge is 2.09. The summed E-state index contributed by atoms with van der Waals surface area (Å²) in [5.41, 5.74) is 6.74. The molecule has 0 radical (unpaired) electrons. The molecule has 5 nitrogen and oxygen atoms in total. The Hall–Kier alpha value is -2.43. The van der Waals surface area contributed by atoms with E-state index < -0.39 is 0 Å². The molecule has 0 aliphatic heterocycles. The summed E-state index contributed by atoms with van der Waals surface area (Å²) in [6, 6.07) is 11.1. The Balaban J connectivity index is 1.77. The van der Waals surface area contributed by atoms with Crippen LogP contribution in [0.3, 0.4) is 0 Å². The summed E-state index contributed by atoms with van der Waals surface area (Å²) in [4.78, 5) is 11.8. The van der Waals surface area contributed by atoms with E-state index in [1.165, 1.54) is 0 Å². The van der Waals surface area contributed by atoms with Crippen molar-refractivity contribution < 1.29 is 9.53 Å². The smallest absolute Gasteiger partial charge is 0.268 e. The third-order valence-corrected chi connectivity index (χ3v) is 2.66. The van der Waals surface area contributed by atoms with E-state index >= 15 is 0 Å². The van der Waals surface area contributed by atoms with Crippen molar-refractivity contribution in [3.05, 3.63) is 48.3 Å². The van der Waals surface area contributed by atoms with Gasteiger partial charge < -0.3 is 20.4 Å². The van der Waals surface area contributed by atoms with Crippen molar-refractivity contribution in [2.45, 2.75) is 0 Å². The Kier molecular flexibility index (Phi) is 4.07. The van der Waals surface area contributed by atoms with Gasteiger partial charge in [-0.25, -0.2) is 0 Å². The SMILES string of the molecule is Cn1cc(N)cc1C(=O)NCCOc1ccccc1. The molecule has 2 aromatic rings. The zero-order valence-electron chi connectivity index (χ0n) is 10.8. The van der Waals surface area contributed by atoms with Crippen LogP contribution in [0.15, 0.2) is 42.6 Å². The first-order valence-corrected chi connectivity index (χ1v) is 6.04. The van der Waals surface area contributed by atoms with Crippen LogP contribution in [-0.2, 0) is 7.05 Å². The highest BCUT2D eigenvalue weighted by atomic mass is 16.5. The molecule has 0 spiro atoms. The van der Waals surface area contributed by atoms with Crippen LogP contribution in [0.1, 0.15) is 10.5 Å². The number of benzene rings is 1. The number of anilines is 1. The molecule has 100 valence electrons. The summed E-state index contributed by atoms with van der Waals surface area (Å²) in [5.74, 6) is 0.635. The molecule has 1 amide bonds. The topological polar surface area (TPSA) is 69.3 Å². The van der Waals surface area contributed by atoms with Gasteiger partial charge in [-0.2, -0.15) is 0 Å². The molecule has 0 bridgehead atoms. The summed E-state index contributed by atoms with van der Waals surface area (Å²) in [6.07, 6.45) is 1.70. The molecule has 1 heterocycles. The second kappa shape index (κ2) is 5.95. The zero-order valence-corrected chi connectivity index (χ0v) is 10.8. The number of hydrogen-bond donors (Lipinski definition) is 2. The fourth-order valence-corrected chi connectivity index (χ4v) is 1.76. The fourth-order valence-electron chi connectivity index (χ4n) is 1.76. The third kappa shape index (κ3) is 3.51. The van der Waals surface area contributed by atoms with Crippen LogP contribution < -0.4 is 15.8 Å². The normalized spacial score (nSPS) is 10.2. The Morgan fingerprint density at radius 1 is 1.37 bits per heavy atom. The molecule has 1 aromatic heterocycles. The number of rotatable bonds is 5. The first-order chi connectivity index (χ1) is 9.16. The molecule has 19 heavy (non-hydrogen) atoms. The second-order valence-electron chi connectivity index (χ2n) is 4.19. The van der Waals surface area contributed by atoms with Crippen LogP contribution >= 0.6 is 0 Å². The van der Waals surface area contributed by atoms with Gasteiger partial charge in [-0.15, -0.1) is 0 Å². The lowest BCUT2D eigenvalue weighted by atomic mass is 10.3. The molecule has 2 rings (SSSR count). The van der Waals surface area contributed by atoms with E-state index in [0.29, 0.717) is 24.5 Å². The molecule has 3 N–H and O–H groups in total. The molecular formula is C14H17N3O2. The van der Waals surface area contributed by atoms with E-state index in [1.807, 2.05) is 30.3 Å².